The number of carboxylic acids is 2. The van der Waals surface area contributed by atoms with Crippen LogP contribution in [0.2, 0.25) is 0 Å². The minimum atomic E-state index is -4.35. The third kappa shape index (κ3) is 2.23. The number of hydrogen-bond acceptors (Lipinski definition) is 2. The first-order valence-electron chi connectivity index (χ1n) is 5.82. The van der Waals surface area contributed by atoms with Crippen LogP contribution in [0, 0.1) is 0 Å². The summed E-state index contributed by atoms with van der Waals surface area (Å²) in [7, 11) is 0. The van der Waals surface area contributed by atoms with Crippen molar-refractivity contribution in [1.82, 2.24) is 0 Å². The molecule has 0 amide bonds. The maximum atomic E-state index is 12.9. The molecule has 0 spiro atoms. The fourth-order valence-electron chi connectivity index (χ4n) is 2.25. The first kappa shape index (κ1) is 14.4. The molecule has 0 saturated heterocycles. The maximum Gasteiger partial charge on any atom is 0.398 e. The first-order chi connectivity index (χ1) is 9.19. The predicted octanol–water partition coefficient (Wildman–Crippen LogP) is 2.53. The highest BCUT2D eigenvalue weighted by molar-refractivity contribution is 5.98. The Morgan fingerprint density at radius 1 is 1.05 bits per heavy atom. The second-order valence-corrected chi connectivity index (χ2v) is 4.81. The van der Waals surface area contributed by atoms with E-state index in [0.29, 0.717) is 0 Å². The average molecular weight is 288 g/mol. The van der Waals surface area contributed by atoms with Crippen LogP contribution < -0.4 is 0 Å². The summed E-state index contributed by atoms with van der Waals surface area (Å²) < 4.78 is 38.7. The van der Waals surface area contributed by atoms with Gasteiger partial charge in [-0.15, -0.1) is 0 Å². The molecule has 0 unspecified atom stereocenters. The average Bonchev–Trinajstić information content (AvgIpc) is 3.09. The molecule has 1 aliphatic rings. The molecular formula is C13H11F3O4. The van der Waals surface area contributed by atoms with E-state index in [0.717, 1.165) is 24.3 Å². The normalized spacial score (nSPS) is 17.0. The van der Waals surface area contributed by atoms with Gasteiger partial charge >= 0.3 is 18.1 Å². The van der Waals surface area contributed by atoms with E-state index in [1.165, 1.54) is 0 Å². The third-order valence-electron chi connectivity index (χ3n) is 3.58. The predicted molar refractivity (Wildman–Crippen MR) is 61.4 cm³/mol. The van der Waals surface area contributed by atoms with Crippen LogP contribution >= 0.6 is 0 Å². The molecule has 7 heteroatoms. The highest BCUT2D eigenvalue weighted by Gasteiger charge is 2.64. The van der Waals surface area contributed by atoms with Crippen molar-refractivity contribution in [2.45, 2.75) is 30.4 Å². The SMILES string of the molecule is O=C(O)C(C(=O)O)c1ccc(C2(C(F)(F)F)CC2)cc1. The summed E-state index contributed by atoms with van der Waals surface area (Å²) in [6, 6.07) is 4.59. The highest BCUT2D eigenvalue weighted by Crippen LogP contribution is 2.58. The van der Waals surface area contributed by atoms with Crippen molar-refractivity contribution in [3.63, 3.8) is 0 Å². The maximum absolute atomic E-state index is 12.9. The van der Waals surface area contributed by atoms with E-state index in [1.54, 1.807) is 0 Å². The number of alkyl halides is 3. The van der Waals surface area contributed by atoms with Crippen LogP contribution in [0.3, 0.4) is 0 Å². The lowest BCUT2D eigenvalue weighted by atomic mass is 9.91. The van der Waals surface area contributed by atoms with Crippen molar-refractivity contribution < 1.29 is 33.0 Å². The van der Waals surface area contributed by atoms with Gasteiger partial charge in [-0.3, -0.25) is 9.59 Å². The minimum absolute atomic E-state index is 0.00284. The Balaban J connectivity index is 2.32. The molecule has 108 valence electrons. The molecule has 1 saturated carbocycles. The van der Waals surface area contributed by atoms with Crippen molar-refractivity contribution in [2.75, 3.05) is 0 Å². The molecule has 4 nitrogen and oxygen atoms in total. The Bertz CT molecular complexity index is 530. The largest absolute Gasteiger partial charge is 0.480 e. The summed E-state index contributed by atoms with van der Waals surface area (Å²) in [6.07, 6.45) is -4.36. The summed E-state index contributed by atoms with van der Waals surface area (Å²) in [5, 5.41) is 17.6. The molecule has 20 heavy (non-hydrogen) atoms. The molecule has 0 atom stereocenters. The Kier molecular flexibility index (Phi) is 3.23. The summed E-state index contributed by atoms with van der Waals surface area (Å²) in [5.74, 6) is -4.88. The van der Waals surface area contributed by atoms with Gasteiger partial charge in [0.1, 0.15) is 0 Å². The number of halogens is 3. The van der Waals surface area contributed by atoms with Crippen LogP contribution in [-0.2, 0) is 15.0 Å². The summed E-state index contributed by atoms with van der Waals surface area (Å²) >= 11 is 0. The molecule has 0 aromatic heterocycles. The summed E-state index contributed by atoms with van der Waals surface area (Å²) in [4.78, 5) is 21.7. The van der Waals surface area contributed by atoms with E-state index < -0.39 is 29.4 Å². The van der Waals surface area contributed by atoms with Gasteiger partial charge in [-0.05, 0) is 24.0 Å². The third-order valence-corrected chi connectivity index (χ3v) is 3.58. The van der Waals surface area contributed by atoms with E-state index in [9.17, 15) is 22.8 Å². The van der Waals surface area contributed by atoms with Crippen molar-refractivity contribution in [3.8, 4) is 0 Å². The molecule has 2 rings (SSSR count). The summed E-state index contributed by atoms with van der Waals surface area (Å²) in [6.45, 7) is 0. The summed E-state index contributed by atoms with van der Waals surface area (Å²) in [5.41, 5.74) is -1.86. The molecule has 0 radical (unpaired) electrons. The monoisotopic (exact) mass is 288 g/mol. The number of rotatable bonds is 4. The van der Waals surface area contributed by atoms with Gasteiger partial charge in [-0.25, -0.2) is 0 Å². The van der Waals surface area contributed by atoms with E-state index in [1.807, 2.05) is 0 Å². The van der Waals surface area contributed by atoms with Crippen LogP contribution in [0.5, 0.6) is 0 Å². The van der Waals surface area contributed by atoms with Gasteiger partial charge in [0.2, 0.25) is 0 Å². The Hall–Kier alpha value is -2.05. The molecule has 0 aliphatic heterocycles. The lowest BCUT2D eigenvalue weighted by Gasteiger charge is -2.20. The topological polar surface area (TPSA) is 74.6 Å². The van der Waals surface area contributed by atoms with Crippen LogP contribution in [0.1, 0.15) is 29.9 Å². The number of hydrogen-bond donors (Lipinski definition) is 2. The Morgan fingerprint density at radius 2 is 1.50 bits per heavy atom. The van der Waals surface area contributed by atoms with Gasteiger partial charge < -0.3 is 10.2 Å². The second-order valence-electron chi connectivity index (χ2n) is 4.81. The first-order valence-corrected chi connectivity index (χ1v) is 5.82. The van der Waals surface area contributed by atoms with Gasteiger partial charge in [0.25, 0.3) is 0 Å². The zero-order valence-corrected chi connectivity index (χ0v) is 10.1. The Morgan fingerprint density at radius 3 is 1.80 bits per heavy atom. The van der Waals surface area contributed by atoms with Crippen molar-refractivity contribution in [3.05, 3.63) is 35.4 Å². The van der Waals surface area contributed by atoms with Gasteiger partial charge in [0, 0.05) is 0 Å². The van der Waals surface area contributed by atoms with Crippen LogP contribution in [0.4, 0.5) is 13.2 Å². The molecule has 1 aromatic rings. The van der Waals surface area contributed by atoms with E-state index in [-0.39, 0.29) is 24.0 Å². The lowest BCUT2D eigenvalue weighted by Crippen LogP contribution is -2.28. The van der Waals surface area contributed by atoms with Gasteiger partial charge in [-0.2, -0.15) is 13.2 Å². The van der Waals surface area contributed by atoms with Gasteiger partial charge in [0.05, 0.1) is 5.41 Å². The van der Waals surface area contributed by atoms with Crippen LogP contribution in [0.15, 0.2) is 24.3 Å². The molecular weight excluding hydrogens is 277 g/mol. The zero-order valence-electron chi connectivity index (χ0n) is 10.1. The van der Waals surface area contributed by atoms with Gasteiger partial charge in [0.15, 0.2) is 5.92 Å². The van der Waals surface area contributed by atoms with Crippen molar-refractivity contribution >= 4 is 11.9 Å². The fraction of sp³-hybridized carbons (Fsp3) is 0.385. The second kappa shape index (κ2) is 4.50. The lowest BCUT2D eigenvalue weighted by molar-refractivity contribution is -0.160. The minimum Gasteiger partial charge on any atom is -0.480 e. The molecule has 0 bridgehead atoms. The van der Waals surface area contributed by atoms with E-state index in [4.69, 9.17) is 10.2 Å². The van der Waals surface area contributed by atoms with Crippen LogP contribution in [-0.4, -0.2) is 28.3 Å². The molecule has 1 aliphatic carbocycles. The number of benzene rings is 1. The number of carbonyl (C=O) groups is 2. The quantitative estimate of drug-likeness (QED) is 0.835. The van der Waals surface area contributed by atoms with Crippen molar-refractivity contribution in [2.24, 2.45) is 0 Å². The zero-order chi connectivity index (χ0) is 15.1. The van der Waals surface area contributed by atoms with E-state index >= 15 is 0 Å². The molecule has 1 fully saturated rings. The van der Waals surface area contributed by atoms with Gasteiger partial charge in [-0.1, -0.05) is 24.3 Å². The molecule has 1 aromatic carbocycles. The molecule has 2 N–H and O–H groups in total. The van der Waals surface area contributed by atoms with Crippen molar-refractivity contribution in [1.29, 1.82) is 0 Å². The molecule has 0 heterocycles. The number of carboxylic acid groups (broad SMARTS) is 2. The fourth-order valence-corrected chi connectivity index (χ4v) is 2.25. The van der Waals surface area contributed by atoms with Crippen LogP contribution in [0.25, 0.3) is 0 Å². The standard InChI is InChI=1S/C13H11F3O4/c14-13(15,16)12(5-6-12)8-3-1-7(2-4-8)9(10(17)18)11(19)20/h1-4,9H,5-6H2,(H,17,18)(H,19,20). The smallest absolute Gasteiger partial charge is 0.398 e. The number of aliphatic carboxylic acids is 2. The van der Waals surface area contributed by atoms with E-state index in [2.05, 4.69) is 0 Å². The Labute approximate surface area is 111 Å². The highest BCUT2D eigenvalue weighted by atomic mass is 19.4.